The molecule has 0 radical (unpaired) electrons. The van der Waals surface area contributed by atoms with Crippen LogP contribution in [0.4, 0.5) is 0 Å². The molecule has 0 spiro atoms. The zero-order valence-corrected chi connectivity index (χ0v) is 12.5. The summed E-state index contributed by atoms with van der Waals surface area (Å²) in [6, 6.07) is 8.98. The molecule has 1 atom stereocenters. The van der Waals surface area contributed by atoms with Crippen LogP contribution in [0, 0.1) is 0 Å². The van der Waals surface area contributed by atoms with Gasteiger partial charge in [0.15, 0.2) is 0 Å². The van der Waals surface area contributed by atoms with Crippen molar-refractivity contribution in [2.24, 2.45) is 0 Å². The van der Waals surface area contributed by atoms with Gasteiger partial charge >= 0.3 is 5.97 Å². The predicted molar refractivity (Wildman–Crippen MR) is 79.7 cm³/mol. The van der Waals surface area contributed by atoms with E-state index in [-0.39, 0.29) is 5.54 Å². The molecule has 1 heterocycles. The van der Waals surface area contributed by atoms with Crippen LogP contribution in [0.15, 0.2) is 30.3 Å². The van der Waals surface area contributed by atoms with E-state index in [1.165, 1.54) is 0 Å². The molecule has 1 unspecified atom stereocenters. The summed E-state index contributed by atoms with van der Waals surface area (Å²) in [5.74, 6) is -0.764. The van der Waals surface area contributed by atoms with Crippen molar-refractivity contribution < 1.29 is 9.90 Å². The highest BCUT2D eigenvalue weighted by atomic mass is 16.4. The summed E-state index contributed by atoms with van der Waals surface area (Å²) in [5, 5.41) is 9.55. The summed E-state index contributed by atoms with van der Waals surface area (Å²) in [4.78, 5) is 16.1. The molecule has 1 aliphatic heterocycles. The van der Waals surface area contributed by atoms with E-state index in [1.807, 2.05) is 30.3 Å². The average Bonchev–Trinajstić information content (AvgIpc) is 2.39. The summed E-state index contributed by atoms with van der Waals surface area (Å²) in [6.45, 7) is 10.0. The number of aliphatic carboxylic acids is 1. The van der Waals surface area contributed by atoms with Gasteiger partial charge in [0, 0.05) is 31.7 Å². The SMILES string of the molecule is CC(C)(C)N1CCN(C(C(=O)O)c2ccccc2)CC1. The van der Waals surface area contributed by atoms with Crippen molar-refractivity contribution in [3.8, 4) is 0 Å². The average molecular weight is 276 g/mol. The smallest absolute Gasteiger partial charge is 0.325 e. The number of hydrogen-bond acceptors (Lipinski definition) is 3. The number of piperazine rings is 1. The zero-order chi connectivity index (χ0) is 14.8. The van der Waals surface area contributed by atoms with Crippen LogP contribution < -0.4 is 0 Å². The van der Waals surface area contributed by atoms with Crippen LogP contribution in [-0.2, 0) is 4.79 Å². The molecular formula is C16H24N2O2. The number of rotatable bonds is 3. The van der Waals surface area contributed by atoms with Crippen LogP contribution >= 0.6 is 0 Å². The van der Waals surface area contributed by atoms with E-state index in [2.05, 4.69) is 30.6 Å². The van der Waals surface area contributed by atoms with Gasteiger partial charge in [-0.15, -0.1) is 0 Å². The molecule has 0 aromatic heterocycles. The quantitative estimate of drug-likeness (QED) is 0.919. The van der Waals surface area contributed by atoms with Gasteiger partial charge in [-0.25, -0.2) is 0 Å². The summed E-state index contributed by atoms with van der Waals surface area (Å²) >= 11 is 0. The second-order valence-electron chi connectivity index (χ2n) is 6.35. The van der Waals surface area contributed by atoms with Gasteiger partial charge in [-0.2, -0.15) is 0 Å². The lowest BCUT2D eigenvalue weighted by atomic mass is 10.0. The Bertz CT molecular complexity index is 445. The maximum absolute atomic E-state index is 11.6. The Morgan fingerprint density at radius 3 is 2.10 bits per heavy atom. The van der Waals surface area contributed by atoms with Gasteiger partial charge < -0.3 is 5.11 Å². The molecule has 1 N–H and O–H groups in total. The van der Waals surface area contributed by atoms with Crippen LogP contribution in [0.1, 0.15) is 32.4 Å². The molecule has 1 saturated heterocycles. The maximum Gasteiger partial charge on any atom is 0.325 e. The molecule has 0 amide bonds. The third-order valence-corrected chi connectivity index (χ3v) is 3.98. The van der Waals surface area contributed by atoms with Gasteiger partial charge in [-0.3, -0.25) is 14.6 Å². The zero-order valence-electron chi connectivity index (χ0n) is 12.5. The summed E-state index contributed by atoms with van der Waals surface area (Å²) in [7, 11) is 0. The largest absolute Gasteiger partial charge is 0.480 e. The Morgan fingerprint density at radius 1 is 1.10 bits per heavy atom. The molecule has 0 aliphatic carbocycles. The van der Waals surface area contributed by atoms with Crippen molar-refractivity contribution in [3.63, 3.8) is 0 Å². The molecule has 110 valence electrons. The predicted octanol–water partition coefficient (Wildman–Crippen LogP) is 2.23. The topological polar surface area (TPSA) is 43.8 Å². The highest BCUT2D eigenvalue weighted by molar-refractivity contribution is 5.75. The molecule has 4 nitrogen and oxygen atoms in total. The third-order valence-electron chi connectivity index (χ3n) is 3.98. The van der Waals surface area contributed by atoms with E-state index in [0.29, 0.717) is 0 Å². The fourth-order valence-corrected chi connectivity index (χ4v) is 2.80. The van der Waals surface area contributed by atoms with Gasteiger partial charge in [0.2, 0.25) is 0 Å². The number of benzene rings is 1. The highest BCUT2D eigenvalue weighted by Gasteiger charge is 2.32. The molecule has 20 heavy (non-hydrogen) atoms. The Morgan fingerprint density at radius 2 is 1.65 bits per heavy atom. The summed E-state index contributed by atoms with van der Waals surface area (Å²) in [5.41, 5.74) is 1.02. The molecule has 2 rings (SSSR count). The van der Waals surface area contributed by atoms with Gasteiger partial charge in [0.1, 0.15) is 6.04 Å². The Hall–Kier alpha value is -1.39. The third kappa shape index (κ3) is 3.38. The first kappa shape index (κ1) is 15.0. The minimum atomic E-state index is -0.764. The Balaban J connectivity index is 2.09. The first-order valence-corrected chi connectivity index (χ1v) is 7.16. The lowest BCUT2D eigenvalue weighted by Crippen LogP contribution is -2.54. The van der Waals surface area contributed by atoms with Gasteiger partial charge in [0.25, 0.3) is 0 Å². The number of nitrogens with zero attached hydrogens (tertiary/aromatic N) is 2. The first-order valence-electron chi connectivity index (χ1n) is 7.16. The van der Waals surface area contributed by atoms with Crippen LogP contribution in [0.3, 0.4) is 0 Å². The van der Waals surface area contributed by atoms with E-state index in [1.54, 1.807) is 0 Å². The Kier molecular flexibility index (Phi) is 4.45. The van der Waals surface area contributed by atoms with Crippen molar-refractivity contribution in [2.45, 2.75) is 32.4 Å². The van der Waals surface area contributed by atoms with Crippen molar-refractivity contribution >= 4 is 5.97 Å². The van der Waals surface area contributed by atoms with Crippen molar-refractivity contribution in [2.75, 3.05) is 26.2 Å². The normalized spacial score (nSPS) is 19.8. The summed E-state index contributed by atoms with van der Waals surface area (Å²) in [6.07, 6.45) is 0. The van der Waals surface area contributed by atoms with Crippen molar-refractivity contribution in [1.82, 2.24) is 9.80 Å². The fraction of sp³-hybridized carbons (Fsp3) is 0.562. The highest BCUT2D eigenvalue weighted by Crippen LogP contribution is 2.24. The van der Waals surface area contributed by atoms with Crippen LogP contribution in [0.2, 0.25) is 0 Å². The van der Waals surface area contributed by atoms with Crippen molar-refractivity contribution in [3.05, 3.63) is 35.9 Å². The number of carbonyl (C=O) groups is 1. The number of carboxylic acids is 1. The van der Waals surface area contributed by atoms with Crippen LogP contribution in [0.5, 0.6) is 0 Å². The van der Waals surface area contributed by atoms with Crippen LogP contribution in [0.25, 0.3) is 0 Å². The van der Waals surface area contributed by atoms with E-state index < -0.39 is 12.0 Å². The standard InChI is InChI=1S/C16H24N2O2/c1-16(2,3)18-11-9-17(10-12-18)14(15(19)20)13-7-5-4-6-8-13/h4-8,14H,9-12H2,1-3H3,(H,19,20). The van der Waals surface area contributed by atoms with E-state index >= 15 is 0 Å². The van der Waals surface area contributed by atoms with E-state index in [4.69, 9.17) is 0 Å². The van der Waals surface area contributed by atoms with E-state index in [9.17, 15) is 9.90 Å². The first-order chi connectivity index (χ1) is 9.39. The Labute approximate surface area is 121 Å². The van der Waals surface area contributed by atoms with Gasteiger partial charge in [-0.1, -0.05) is 30.3 Å². The lowest BCUT2D eigenvalue weighted by molar-refractivity contribution is -0.144. The van der Waals surface area contributed by atoms with Gasteiger partial charge in [0.05, 0.1) is 0 Å². The van der Waals surface area contributed by atoms with Gasteiger partial charge in [-0.05, 0) is 26.3 Å². The molecular weight excluding hydrogens is 252 g/mol. The second kappa shape index (κ2) is 5.94. The number of hydrogen-bond donors (Lipinski definition) is 1. The monoisotopic (exact) mass is 276 g/mol. The fourth-order valence-electron chi connectivity index (χ4n) is 2.80. The lowest BCUT2D eigenvalue weighted by Gasteiger charge is -2.43. The minimum absolute atomic E-state index is 0.150. The van der Waals surface area contributed by atoms with Crippen molar-refractivity contribution in [1.29, 1.82) is 0 Å². The molecule has 1 fully saturated rings. The van der Waals surface area contributed by atoms with E-state index in [0.717, 1.165) is 31.7 Å². The molecule has 1 aromatic carbocycles. The second-order valence-corrected chi connectivity index (χ2v) is 6.35. The molecule has 0 bridgehead atoms. The summed E-state index contributed by atoms with van der Waals surface area (Å²) < 4.78 is 0. The molecule has 0 saturated carbocycles. The van der Waals surface area contributed by atoms with Crippen LogP contribution in [-0.4, -0.2) is 52.6 Å². The molecule has 1 aromatic rings. The molecule has 1 aliphatic rings. The maximum atomic E-state index is 11.6. The number of carboxylic acid groups (broad SMARTS) is 1. The molecule has 4 heteroatoms. The minimum Gasteiger partial charge on any atom is -0.480 e.